The third-order valence-corrected chi connectivity index (χ3v) is 7.56. The molecule has 2 aliphatic rings. The first kappa shape index (κ1) is 23.9. The monoisotopic (exact) mass is 515 g/mol. The molecule has 8 nitrogen and oxygen atoms in total. The molecule has 0 saturated heterocycles. The topological polar surface area (TPSA) is 80.4 Å². The van der Waals surface area contributed by atoms with Gasteiger partial charge in [0.15, 0.2) is 11.3 Å². The number of fused-ring (bicyclic) bond motifs is 2. The predicted octanol–water partition coefficient (Wildman–Crippen LogP) is 5.29. The fourth-order valence-corrected chi connectivity index (χ4v) is 5.76. The molecule has 0 saturated carbocycles. The highest BCUT2D eigenvalue weighted by atomic mass is 35.5. The van der Waals surface area contributed by atoms with Crippen LogP contribution in [0.5, 0.6) is 0 Å². The van der Waals surface area contributed by atoms with Crippen molar-refractivity contribution < 1.29 is 4.79 Å². The molecule has 1 N–H and O–H groups in total. The number of pyridine rings is 1. The molecule has 2 aliphatic heterocycles. The van der Waals surface area contributed by atoms with Crippen LogP contribution in [0.1, 0.15) is 78.2 Å². The van der Waals surface area contributed by atoms with Crippen LogP contribution >= 0.6 is 11.6 Å². The van der Waals surface area contributed by atoms with Crippen LogP contribution in [0.3, 0.4) is 0 Å². The second-order valence-corrected chi connectivity index (χ2v) is 10.7. The summed E-state index contributed by atoms with van der Waals surface area (Å²) < 4.78 is 4.20. The van der Waals surface area contributed by atoms with E-state index in [9.17, 15) is 4.79 Å². The second-order valence-electron chi connectivity index (χ2n) is 10.3. The van der Waals surface area contributed by atoms with E-state index in [0.717, 1.165) is 52.8 Å². The molecule has 1 amide bonds. The number of hydrogen-bond acceptors (Lipinski definition) is 5. The number of anilines is 1. The maximum absolute atomic E-state index is 14.2. The zero-order valence-electron chi connectivity index (χ0n) is 21.7. The molecule has 6 rings (SSSR count). The van der Waals surface area contributed by atoms with Gasteiger partial charge in [-0.25, -0.2) is 4.98 Å². The standard InChI is InChI=1S/C28H30ClN7O/c1-15(2)35-25-23(31-27(35)20-10-11-30-17(4)13-20)28(37)36(24(25)19-6-8-21(29)9-7-19)22-12-16(3)26-33-32-18(5)34(26)14-22/h6-9,12-15,17,24,30H,10-11H2,1-5H3. The maximum Gasteiger partial charge on any atom is 0.279 e. The van der Waals surface area contributed by atoms with Crippen LogP contribution in [0, 0.1) is 13.8 Å². The van der Waals surface area contributed by atoms with Gasteiger partial charge in [0, 0.05) is 23.3 Å². The Labute approximate surface area is 221 Å². The first-order chi connectivity index (χ1) is 17.7. The first-order valence-electron chi connectivity index (χ1n) is 12.7. The minimum Gasteiger partial charge on any atom is -0.323 e. The van der Waals surface area contributed by atoms with Gasteiger partial charge in [-0.05, 0) is 82.5 Å². The molecule has 4 aromatic rings. The third-order valence-electron chi connectivity index (χ3n) is 7.31. The van der Waals surface area contributed by atoms with Gasteiger partial charge in [-0.2, -0.15) is 0 Å². The number of hydrogen-bond donors (Lipinski definition) is 1. The van der Waals surface area contributed by atoms with Crippen molar-refractivity contribution in [3.63, 3.8) is 0 Å². The van der Waals surface area contributed by atoms with E-state index in [1.54, 1.807) is 0 Å². The summed E-state index contributed by atoms with van der Waals surface area (Å²) in [6.45, 7) is 11.2. The molecule has 5 heterocycles. The molecular weight excluding hydrogens is 486 g/mol. The molecule has 2 unspecified atom stereocenters. The van der Waals surface area contributed by atoms with E-state index in [4.69, 9.17) is 16.6 Å². The van der Waals surface area contributed by atoms with E-state index in [-0.39, 0.29) is 24.0 Å². The van der Waals surface area contributed by atoms with Crippen molar-refractivity contribution >= 4 is 34.4 Å². The number of aromatic nitrogens is 5. The highest BCUT2D eigenvalue weighted by Crippen LogP contribution is 2.44. The first-order valence-corrected chi connectivity index (χ1v) is 13.1. The molecule has 190 valence electrons. The van der Waals surface area contributed by atoms with Gasteiger partial charge in [0.1, 0.15) is 17.7 Å². The lowest BCUT2D eigenvalue weighted by Crippen LogP contribution is -2.32. The van der Waals surface area contributed by atoms with E-state index in [1.165, 1.54) is 5.57 Å². The number of aryl methyl sites for hydroxylation is 2. The van der Waals surface area contributed by atoms with Gasteiger partial charge in [0.2, 0.25) is 0 Å². The highest BCUT2D eigenvalue weighted by molar-refractivity contribution is 6.30. The van der Waals surface area contributed by atoms with Crippen LogP contribution in [0.25, 0.3) is 11.2 Å². The van der Waals surface area contributed by atoms with Gasteiger partial charge in [0.25, 0.3) is 5.91 Å². The normalized spacial score (nSPS) is 19.7. The Bertz CT molecular complexity index is 1560. The maximum atomic E-state index is 14.2. The van der Waals surface area contributed by atoms with Crippen molar-refractivity contribution in [2.75, 3.05) is 11.4 Å². The van der Waals surface area contributed by atoms with Gasteiger partial charge in [-0.3, -0.25) is 14.1 Å². The molecule has 3 aromatic heterocycles. The SMILES string of the molecule is Cc1cc(N2C(=O)c3nc(C4=CC(C)NCC4)n(C(C)C)c3C2c2ccc(Cl)cc2)cn2c(C)nnc12. The molecule has 9 heteroatoms. The molecule has 0 fully saturated rings. The average molecular weight is 516 g/mol. The summed E-state index contributed by atoms with van der Waals surface area (Å²) in [4.78, 5) is 21.1. The van der Waals surface area contributed by atoms with Crippen molar-refractivity contribution in [3.05, 3.63) is 81.8 Å². The van der Waals surface area contributed by atoms with Crippen LogP contribution < -0.4 is 10.2 Å². The molecule has 0 aliphatic carbocycles. The van der Waals surface area contributed by atoms with Crippen molar-refractivity contribution in [1.29, 1.82) is 0 Å². The summed E-state index contributed by atoms with van der Waals surface area (Å²) in [5, 5.41) is 12.7. The lowest BCUT2D eigenvalue weighted by atomic mass is 10.0. The Morgan fingerprint density at radius 3 is 2.59 bits per heavy atom. The van der Waals surface area contributed by atoms with Crippen LogP contribution in [-0.4, -0.2) is 42.6 Å². The Morgan fingerprint density at radius 1 is 1.14 bits per heavy atom. The lowest BCUT2D eigenvalue weighted by molar-refractivity contribution is 0.0989. The molecule has 37 heavy (non-hydrogen) atoms. The summed E-state index contributed by atoms with van der Waals surface area (Å²) in [7, 11) is 0. The van der Waals surface area contributed by atoms with Crippen LogP contribution in [0.4, 0.5) is 5.69 Å². The number of nitrogens with one attached hydrogen (secondary N) is 1. The number of imidazole rings is 1. The number of benzene rings is 1. The molecule has 0 bridgehead atoms. The quantitative estimate of drug-likeness (QED) is 0.399. The summed E-state index contributed by atoms with van der Waals surface area (Å²) in [6, 6.07) is 9.79. The Kier molecular flexibility index (Phi) is 5.69. The fourth-order valence-electron chi connectivity index (χ4n) is 5.63. The van der Waals surface area contributed by atoms with Gasteiger partial charge < -0.3 is 9.88 Å². The Hall–Kier alpha value is -3.49. The number of rotatable bonds is 4. The van der Waals surface area contributed by atoms with Gasteiger partial charge in [-0.15, -0.1) is 10.2 Å². The zero-order chi connectivity index (χ0) is 26.0. The minimum absolute atomic E-state index is 0.109. The molecule has 1 aromatic carbocycles. The summed E-state index contributed by atoms with van der Waals surface area (Å²) in [5.74, 6) is 1.55. The molecule has 0 spiro atoms. The number of halogens is 1. The smallest absolute Gasteiger partial charge is 0.279 e. The zero-order valence-corrected chi connectivity index (χ0v) is 22.4. The van der Waals surface area contributed by atoms with Gasteiger partial charge in [0.05, 0.1) is 11.4 Å². The molecule has 2 atom stereocenters. The molecule has 0 radical (unpaired) electrons. The average Bonchev–Trinajstić information content (AvgIpc) is 3.52. The van der Waals surface area contributed by atoms with E-state index in [1.807, 2.05) is 59.7 Å². The Balaban J connectivity index is 1.59. The summed E-state index contributed by atoms with van der Waals surface area (Å²) >= 11 is 6.26. The summed E-state index contributed by atoms with van der Waals surface area (Å²) in [6.07, 6.45) is 5.05. The van der Waals surface area contributed by atoms with E-state index >= 15 is 0 Å². The minimum atomic E-state index is -0.350. The third kappa shape index (κ3) is 3.78. The van der Waals surface area contributed by atoms with Crippen LogP contribution in [0.15, 0.2) is 42.6 Å². The molecular formula is C28H30ClN7O. The highest BCUT2D eigenvalue weighted by Gasteiger charge is 2.45. The second kappa shape index (κ2) is 8.82. The largest absolute Gasteiger partial charge is 0.323 e. The number of carbonyl (C=O) groups is 1. The van der Waals surface area contributed by atoms with Gasteiger partial charge >= 0.3 is 0 Å². The predicted molar refractivity (Wildman–Crippen MR) is 145 cm³/mol. The summed E-state index contributed by atoms with van der Waals surface area (Å²) in [5.41, 5.74) is 6.11. The van der Waals surface area contributed by atoms with E-state index in [2.05, 4.69) is 46.9 Å². The van der Waals surface area contributed by atoms with Crippen LogP contribution in [0.2, 0.25) is 5.02 Å². The van der Waals surface area contributed by atoms with Gasteiger partial charge in [-0.1, -0.05) is 29.8 Å². The van der Waals surface area contributed by atoms with E-state index < -0.39 is 0 Å². The van der Waals surface area contributed by atoms with Crippen molar-refractivity contribution in [3.8, 4) is 0 Å². The number of carbonyl (C=O) groups excluding carboxylic acids is 1. The number of amides is 1. The van der Waals surface area contributed by atoms with E-state index in [0.29, 0.717) is 10.7 Å². The lowest BCUT2D eigenvalue weighted by Gasteiger charge is -2.29. The van der Waals surface area contributed by atoms with Crippen molar-refractivity contribution in [1.82, 2.24) is 29.5 Å². The van der Waals surface area contributed by atoms with Crippen LogP contribution in [-0.2, 0) is 0 Å². The van der Waals surface area contributed by atoms with Crippen molar-refractivity contribution in [2.45, 2.75) is 59.2 Å². The van der Waals surface area contributed by atoms with Crippen molar-refractivity contribution in [2.24, 2.45) is 0 Å². The number of nitrogens with zero attached hydrogens (tertiary/aromatic N) is 6. The fraction of sp³-hybridized carbons (Fsp3) is 0.357. The Morgan fingerprint density at radius 2 is 1.89 bits per heavy atom.